The summed E-state index contributed by atoms with van der Waals surface area (Å²) in [5, 5.41) is 6.35. The molecule has 0 radical (unpaired) electrons. The van der Waals surface area contributed by atoms with Gasteiger partial charge < -0.3 is 13.5 Å². The molecule has 10 aromatic rings. The van der Waals surface area contributed by atoms with Crippen LogP contribution in [0.15, 0.2) is 122 Å². The van der Waals surface area contributed by atoms with Crippen molar-refractivity contribution in [3.05, 3.63) is 156 Å². The summed E-state index contributed by atoms with van der Waals surface area (Å²) in [6, 6.07) is 42.8. The summed E-state index contributed by atoms with van der Waals surface area (Å²) in [5.41, 5.74) is 14.5. The maximum absolute atomic E-state index is 6.68. The number of ether oxygens (including phenoxy) is 1. The van der Waals surface area contributed by atoms with E-state index >= 15 is 0 Å². The van der Waals surface area contributed by atoms with Crippen LogP contribution < -0.4 is 4.74 Å². The molecular formula is C54H48N4OPt. The average Bonchev–Trinajstić information content (AvgIpc) is 3.95. The Hall–Kier alpha value is -5.77. The Bertz CT molecular complexity index is 3220. The minimum atomic E-state index is 0. The van der Waals surface area contributed by atoms with Gasteiger partial charge in [-0.15, -0.1) is 12.1 Å². The van der Waals surface area contributed by atoms with Crippen LogP contribution in [0.5, 0.6) is 11.5 Å². The molecule has 0 aliphatic heterocycles. The van der Waals surface area contributed by atoms with Gasteiger partial charge in [0.15, 0.2) is 0 Å². The van der Waals surface area contributed by atoms with Gasteiger partial charge in [-0.25, -0.2) is 0 Å². The zero-order chi connectivity index (χ0) is 40.7. The maximum Gasteiger partial charge on any atom is 2.00 e. The Morgan fingerprint density at radius 1 is 0.500 bits per heavy atom. The summed E-state index contributed by atoms with van der Waals surface area (Å²) < 4.78 is 11.0. The van der Waals surface area contributed by atoms with E-state index in [0.717, 1.165) is 49.3 Å². The first-order valence-corrected chi connectivity index (χ1v) is 21.0. The van der Waals surface area contributed by atoms with Gasteiger partial charge in [0, 0.05) is 47.3 Å². The van der Waals surface area contributed by atoms with Crippen molar-refractivity contribution in [3.8, 4) is 33.8 Å². The Kier molecular flexibility index (Phi) is 10.2. The first kappa shape index (κ1) is 39.7. The van der Waals surface area contributed by atoms with Crippen molar-refractivity contribution < 1.29 is 25.8 Å². The number of benzene rings is 6. The summed E-state index contributed by atoms with van der Waals surface area (Å²) in [5.74, 6) is 2.75. The van der Waals surface area contributed by atoms with Crippen molar-refractivity contribution in [3.63, 3.8) is 0 Å². The van der Waals surface area contributed by atoms with Crippen LogP contribution in [0.2, 0.25) is 0 Å². The van der Waals surface area contributed by atoms with Crippen molar-refractivity contribution in [2.75, 3.05) is 0 Å². The van der Waals surface area contributed by atoms with Crippen molar-refractivity contribution >= 4 is 54.6 Å². The SMILES string of the molecule is CC(C)c1cccc(C(C)C)c1-c1ccc2c(c1)c1ccc(Oc3[c-]c4c(cc3)c3c(-c5c(C(C)C)cccc5C(C)C)cccc3n3ccnc43)[c-]c1c1nccn21.[Pt+2]. The Labute approximate surface area is 366 Å². The molecule has 0 amide bonds. The minimum absolute atomic E-state index is 0. The van der Waals surface area contributed by atoms with Crippen LogP contribution in [0.4, 0.5) is 0 Å². The van der Waals surface area contributed by atoms with E-state index in [2.05, 4.69) is 161 Å². The van der Waals surface area contributed by atoms with Crippen LogP contribution in [0.3, 0.4) is 0 Å². The fourth-order valence-electron chi connectivity index (χ4n) is 9.43. The molecule has 0 atom stereocenters. The molecule has 0 fully saturated rings. The second-order valence-electron chi connectivity index (χ2n) is 17.2. The Morgan fingerprint density at radius 2 is 1.00 bits per heavy atom. The molecule has 6 aromatic carbocycles. The third-order valence-corrected chi connectivity index (χ3v) is 12.2. The van der Waals surface area contributed by atoms with E-state index in [-0.39, 0.29) is 21.1 Å². The number of rotatable bonds is 8. The molecule has 0 saturated carbocycles. The molecule has 0 saturated heterocycles. The zero-order valence-electron chi connectivity index (χ0n) is 35.4. The second-order valence-corrected chi connectivity index (χ2v) is 17.2. The fourth-order valence-corrected chi connectivity index (χ4v) is 9.43. The van der Waals surface area contributed by atoms with Gasteiger partial charge in [0.05, 0.1) is 11.3 Å². The molecule has 0 bridgehead atoms. The van der Waals surface area contributed by atoms with E-state index in [1.807, 2.05) is 36.9 Å². The largest absolute Gasteiger partial charge is 2.00 e. The molecule has 4 aromatic heterocycles. The second kappa shape index (κ2) is 15.4. The number of hydrogen-bond acceptors (Lipinski definition) is 3. The number of imidazole rings is 2. The first-order valence-electron chi connectivity index (χ1n) is 21.0. The van der Waals surface area contributed by atoms with E-state index in [1.165, 1.54) is 49.9 Å². The molecular weight excluding hydrogens is 916 g/mol. The van der Waals surface area contributed by atoms with Crippen molar-refractivity contribution in [2.24, 2.45) is 0 Å². The van der Waals surface area contributed by atoms with E-state index in [9.17, 15) is 0 Å². The van der Waals surface area contributed by atoms with Crippen LogP contribution in [0.25, 0.3) is 76.9 Å². The topological polar surface area (TPSA) is 43.8 Å². The molecule has 6 heteroatoms. The average molecular weight is 964 g/mol. The summed E-state index contributed by atoms with van der Waals surface area (Å²) in [6.45, 7) is 18.3. The molecule has 0 spiro atoms. The number of pyridine rings is 2. The Morgan fingerprint density at radius 3 is 1.57 bits per heavy atom. The van der Waals surface area contributed by atoms with Crippen LogP contribution in [-0.4, -0.2) is 18.8 Å². The van der Waals surface area contributed by atoms with Gasteiger partial charge in [-0.1, -0.05) is 162 Å². The summed E-state index contributed by atoms with van der Waals surface area (Å²) in [7, 11) is 0. The van der Waals surface area contributed by atoms with E-state index in [1.54, 1.807) is 0 Å². The van der Waals surface area contributed by atoms with E-state index in [0.29, 0.717) is 35.2 Å². The molecule has 300 valence electrons. The van der Waals surface area contributed by atoms with Crippen LogP contribution in [0.1, 0.15) is 101 Å². The summed E-state index contributed by atoms with van der Waals surface area (Å²) >= 11 is 0. The molecule has 60 heavy (non-hydrogen) atoms. The molecule has 4 heterocycles. The minimum Gasteiger partial charge on any atom is -0.497 e. The molecule has 10 rings (SSSR count). The molecule has 5 nitrogen and oxygen atoms in total. The van der Waals surface area contributed by atoms with Crippen molar-refractivity contribution in [1.82, 2.24) is 18.8 Å². The molecule has 0 aliphatic carbocycles. The normalized spacial score (nSPS) is 12.1. The van der Waals surface area contributed by atoms with E-state index < -0.39 is 0 Å². The van der Waals surface area contributed by atoms with Gasteiger partial charge >= 0.3 is 21.1 Å². The van der Waals surface area contributed by atoms with Crippen LogP contribution in [0, 0.1) is 12.1 Å². The van der Waals surface area contributed by atoms with Crippen LogP contribution >= 0.6 is 0 Å². The third-order valence-electron chi connectivity index (χ3n) is 12.2. The smallest absolute Gasteiger partial charge is 0.497 e. The number of nitrogens with zero attached hydrogens (tertiary/aromatic N) is 4. The van der Waals surface area contributed by atoms with E-state index in [4.69, 9.17) is 14.7 Å². The molecule has 0 aliphatic rings. The number of fused-ring (bicyclic) bond motifs is 12. The number of aromatic nitrogens is 4. The molecule has 0 unspecified atom stereocenters. The van der Waals surface area contributed by atoms with Gasteiger partial charge in [0.25, 0.3) is 0 Å². The van der Waals surface area contributed by atoms with Crippen molar-refractivity contribution in [2.45, 2.75) is 79.1 Å². The number of hydrogen-bond donors (Lipinski definition) is 0. The monoisotopic (exact) mass is 963 g/mol. The predicted molar refractivity (Wildman–Crippen MR) is 245 cm³/mol. The summed E-state index contributed by atoms with van der Waals surface area (Å²) in [4.78, 5) is 9.68. The van der Waals surface area contributed by atoms with Crippen molar-refractivity contribution in [1.29, 1.82) is 0 Å². The maximum atomic E-state index is 6.68. The Balaban J connectivity index is 0.00000462. The zero-order valence-corrected chi connectivity index (χ0v) is 37.6. The third kappa shape index (κ3) is 6.32. The quantitative estimate of drug-likeness (QED) is 0.113. The van der Waals surface area contributed by atoms with Gasteiger partial charge in [0.1, 0.15) is 0 Å². The van der Waals surface area contributed by atoms with Gasteiger partial charge in [-0.3, -0.25) is 9.97 Å². The van der Waals surface area contributed by atoms with Gasteiger partial charge in [0.2, 0.25) is 0 Å². The summed E-state index contributed by atoms with van der Waals surface area (Å²) in [6.07, 6.45) is 7.82. The van der Waals surface area contributed by atoms with Gasteiger partial charge in [-0.05, 0) is 91.1 Å². The predicted octanol–water partition coefficient (Wildman–Crippen LogP) is 14.8. The van der Waals surface area contributed by atoms with Crippen LogP contribution in [-0.2, 0) is 21.1 Å². The fraction of sp³-hybridized carbons (Fsp3) is 0.222. The molecule has 0 N–H and O–H groups in total. The standard InChI is InChI=1S/C54H48N4O.Pt/c1-31(2)38-12-9-13-39(32(3)4)50(38)35-18-23-48-45(28-35)42-21-19-36(29-46(42)53-55-24-26-57(48)53)59-37-20-22-43-47(30-37)54-56-25-27-58(54)49-17-11-16-44(52(43)49)51-40(33(5)6)14-10-15-41(51)34(7)8;/h9-28,31-34H,1-8H3;/q-2;+2. The van der Waals surface area contributed by atoms with Gasteiger partial charge in [-0.2, -0.15) is 0 Å². The first-order chi connectivity index (χ1) is 28.6.